The number of fused-ring (bicyclic) bond motifs is 1. The molecule has 1 heterocycles. The highest BCUT2D eigenvalue weighted by atomic mass is 79.9. The molecule has 0 radical (unpaired) electrons. The summed E-state index contributed by atoms with van der Waals surface area (Å²) < 4.78 is 12.9. The summed E-state index contributed by atoms with van der Waals surface area (Å²) >= 11 is 3.64. The lowest BCUT2D eigenvalue weighted by Gasteiger charge is -2.41. The standard InChI is InChI=1S/C16H22BrNO2/c1-10(2)13-11(16(18)5-3-6-16)9-12(17)14-15(13)20-8-4-7-19-14/h9-10H,3-8,18H2,1-2H3. The molecule has 110 valence electrons. The van der Waals surface area contributed by atoms with Gasteiger partial charge in [0.1, 0.15) is 0 Å². The number of benzene rings is 1. The van der Waals surface area contributed by atoms with Crippen LogP contribution in [-0.4, -0.2) is 13.2 Å². The van der Waals surface area contributed by atoms with Gasteiger partial charge in [0.25, 0.3) is 0 Å². The molecule has 3 rings (SSSR count). The van der Waals surface area contributed by atoms with E-state index in [9.17, 15) is 0 Å². The van der Waals surface area contributed by atoms with Crippen molar-refractivity contribution in [3.63, 3.8) is 0 Å². The number of hydrogen-bond acceptors (Lipinski definition) is 3. The molecule has 20 heavy (non-hydrogen) atoms. The lowest BCUT2D eigenvalue weighted by molar-refractivity contribution is 0.248. The largest absolute Gasteiger partial charge is 0.489 e. The van der Waals surface area contributed by atoms with Crippen molar-refractivity contribution >= 4 is 15.9 Å². The van der Waals surface area contributed by atoms with E-state index in [0.717, 1.165) is 35.2 Å². The molecule has 4 heteroatoms. The molecular weight excluding hydrogens is 318 g/mol. The minimum Gasteiger partial charge on any atom is -0.489 e. The molecule has 0 atom stereocenters. The predicted octanol–water partition coefficient (Wildman–Crippen LogP) is 4.07. The molecule has 0 unspecified atom stereocenters. The zero-order chi connectivity index (χ0) is 14.3. The second-order valence-electron chi connectivity index (χ2n) is 6.19. The van der Waals surface area contributed by atoms with Crippen molar-refractivity contribution in [2.45, 2.75) is 51.0 Å². The van der Waals surface area contributed by atoms with Gasteiger partial charge in [0, 0.05) is 17.5 Å². The average Bonchev–Trinajstić information content (AvgIpc) is 2.61. The van der Waals surface area contributed by atoms with Crippen LogP contribution in [0, 0.1) is 0 Å². The number of ether oxygens (including phenoxy) is 2. The maximum absolute atomic E-state index is 6.59. The molecule has 1 aliphatic heterocycles. The van der Waals surface area contributed by atoms with Gasteiger partial charge in [0.2, 0.25) is 0 Å². The molecule has 1 aromatic rings. The van der Waals surface area contributed by atoms with Crippen LogP contribution < -0.4 is 15.2 Å². The van der Waals surface area contributed by atoms with Crippen LogP contribution in [0.15, 0.2) is 10.5 Å². The van der Waals surface area contributed by atoms with Gasteiger partial charge in [-0.25, -0.2) is 0 Å². The van der Waals surface area contributed by atoms with E-state index in [4.69, 9.17) is 15.2 Å². The molecule has 0 bridgehead atoms. The highest BCUT2D eigenvalue weighted by Gasteiger charge is 2.39. The monoisotopic (exact) mass is 339 g/mol. The Morgan fingerprint density at radius 1 is 1.15 bits per heavy atom. The van der Waals surface area contributed by atoms with Crippen LogP contribution in [0.2, 0.25) is 0 Å². The van der Waals surface area contributed by atoms with Crippen LogP contribution in [0.25, 0.3) is 0 Å². The third kappa shape index (κ3) is 2.23. The predicted molar refractivity (Wildman–Crippen MR) is 83.6 cm³/mol. The maximum Gasteiger partial charge on any atom is 0.175 e. The second-order valence-corrected chi connectivity index (χ2v) is 7.05. The Labute approximate surface area is 129 Å². The Morgan fingerprint density at radius 2 is 1.80 bits per heavy atom. The van der Waals surface area contributed by atoms with Crippen molar-refractivity contribution in [3.8, 4) is 11.5 Å². The van der Waals surface area contributed by atoms with Gasteiger partial charge >= 0.3 is 0 Å². The molecule has 0 saturated heterocycles. The average molecular weight is 340 g/mol. The third-order valence-electron chi connectivity index (χ3n) is 4.37. The van der Waals surface area contributed by atoms with Crippen LogP contribution in [0.5, 0.6) is 11.5 Å². The van der Waals surface area contributed by atoms with Crippen LogP contribution >= 0.6 is 15.9 Å². The first kappa shape index (κ1) is 14.2. The highest BCUT2D eigenvalue weighted by Crippen LogP contribution is 2.50. The summed E-state index contributed by atoms with van der Waals surface area (Å²) in [6.07, 6.45) is 4.24. The van der Waals surface area contributed by atoms with Crippen molar-refractivity contribution in [1.82, 2.24) is 0 Å². The normalized spacial score (nSPS) is 20.4. The van der Waals surface area contributed by atoms with E-state index in [0.29, 0.717) is 19.1 Å². The van der Waals surface area contributed by atoms with Crippen LogP contribution in [0.1, 0.15) is 56.6 Å². The first-order valence-corrected chi connectivity index (χ1v) is 8.23. The van der Waals surface area contributed by atoms with Crippen molar-refractivity contribution in [1.29, 1.82) is 0 Å². The molecule has 3 nitrogen and oxygen atoms in total. The molecule has 1 aromatic carbocycles. The molecule has 1 aliphatic carbocycles. The van der Waals surface area contributed by atoms with Crippen molar-refractivity contribution in [2.24, 2.45) is 5.73 Å². The molecular formula is C16H22BrNO2. The molecule has 2 aliphatic rings. The van der Waals surface area contributed by atoms with Crippen LogP contribution in [-0.2, 0) is 5.54 Å². The van der Waals surface area contributed by atoms with E-state index in [1.807, 2.05) is 0 Å². The zero-order valence-electron chi connectivity index (χ0n) is 12.2. The lowest BCUT2D eigenvalue weighted by atomic mass is 9.70. The SMILES string of the molecule is CC(C)c1c(C2(N)CCC2)cc(Br)c2c1OCCCO2. The molecule has 2 N–H and O–H groups in total. The summed E-state index contributed by atoms with van der Waals surface area (Å²) in [6, 6.07) is 2.15. The molecule has 1 fully saturated rings. The first-order valence-electron chi connectivity index (χ1n) is 7.44. The van der Waals surface area contributed by atoms with Gasteiger partial charge in [-0.15, -0.1) is 0 Å². The molecule has 0 amide bonds. The van der Waals surface area contributed by atoms with E-state index in [2.05, 4.69) is 35.8 Å². The second kappa shape index (κ2) is 5.23. The van der Waals surface area contributed by atoms with Gasteiger partial charge < -0.3 is 15.2 Å². The summed E-state index contributed by atoms with van der Waals surface area (Å²) in [4.78, 5) is 0. The number of halogens is 1. The number of nitrogens with two attached hydrogens (primary N) is 1. The minimum absolute atomic E-state index is 0.188. The molecule has 1 saturated carbocycles. The third-order valence-corrected chi connectivity index (χ3v) is 4.96. The fourth-order valence-corrected chi connectivity index (χ4v) is 3.64. The Hall–Kier alpha value is -0.740. The van der Waals surface area contributed by atoms with E-state index in [1.165, 1.54) is 17.5 Å². The van der Waals surface area contributed by atoms with Gasteiger partial charge in [-0.1, -0.05) is 13.8 Å². The van der Waals surface area contributed by atoms with Crippen LogP contribution in [0.4, 0.5) is 0 Å². The Morgan fingerprint density at radius 3 is 2.35 bits per heavy atom. The fraction of sp³-hybridized carbons (Fsp3) is 0.625. The van der Waals surface area contributed by atoms with Gasteiger partial charge in [0.05, 0.1) is 17.7 Å². The minimum atomic E-state index is -0.188. The Bertz CT molecular complexity index is 524. The smallest absolute Gasteiger partial charge is 0.175 e. The van der Waals surface area contributed by atoms with Gasteiger partial charge in [-0.2, -0.15) is 0 Å². The summed E-state index contributed by atoms with van der Waals surface area (Å²) in [6.45, 7) is 5.81. The van der Waals surface area contributed by atoms with E-state index >= 15 is 0 Å². The zero-order valence-corrected chi connectivity index (χ0v) is 13.8. The lowest BCUT2D eigenvalue weighted by Crippen LogP contribution is -2.44. The van der Waals surface area contributed by atoms with E-state index in [1.54, 1.807) is 0 Å². The Kier molecular flexibility index (Phi) is 3.71. The summed E-state index contributed by atoms with van der Waals surface area (Å²) in [5.41, 5.74) is 8.86. The highest BCUT2D eigenvalue weighted by molar-refractivity contribution is 9.10. The van der Waals surface area contributed by atoms with Crippen molar-refractivity contribution in [2.75, 3.05) is 13.2 Å². The summed E-state index contributed by atoms with van der Waals surface area (Å²) in [5, 5.41) is 0. The van der Waals surface area contributed by atoms with Crippen LogP contribution in [0.3, 0.4) is 0 Å². The number of rotatable bonds is 2. The quantitative estimate of drug-likeness (QED) is 0.883. The fourth-order valence-electron chi connectivity index (χ4n) is 3.12. The molecule has 0 aromatic heterocycles. The van der Waals surface area contributed by atoms with Crippen molar-refractivity contribution < 1.29 is 9.47 Å². The van der Waals surface area contributed by atoms with Crippen molar-refractivity contribution in [3.05, 3.63) is 21.7 Å². The van der Waals surface area contributed by atoms with Gasteiger partial charge in [0.15, 0.2) is 11.5 Å². The maximum atomic E-state index is 6.59. The summed E-state index contributed by atoms with van der Waals surface area (Å²) in [5.74, 6) is 2.12. The first-order chi connectivity index (χ1) is 9.53. The van der Waals surface area contributed by atoms with E-state index < -0.39 is 0 Å². The van der Waals surface area contributed by atoms with E-state index in [-0.39, 0.29) is 5.54 Å². The summed E-state index contributed by atoms with van der Waals surface area (Å²) in [7, 11) is 0. The number of hydrogen-bond donors (Lipinski definition) is 1. The van der Waals surface area contributed by atoms with Gasteiger partial charge in [-0.05, 0) is 52.7 Å². The van der Waals surface area contributed by atoms with Gasteiger partial charge in [-0.3, -0.25) is 0 Å². The topological polar surface area (TPSA) is 44.5 Å². The Balaban J connectivity index is 2.20. The molecule has 0 spiro atoms.